The molecule has 1 saturated heterocycles. The van der Waals surface area contributed by atoms with E-state index in [2.05, 4.69) is 5.32 Å². The van der Waals surface area contributed by atoms with Crippen LogP contribution in [-0.4, -0.2) is 35.7 Å². The molecule has 7 nitrogen and oxygen atoms in total. The van der Waals surface area contributed by atoms with Crippen molar-refractivity contribution in [3.63, 3.8) is 0 Å². The molecule has 0 unspecified atom stereocenters. The lowest BCUT2D eigenvalue weighted by Gasteiger charge is -2.14. The molecule has 1 aliphatic heterocycles. The summed E-state index contributed by atoms with van der Waals surface area (Å²) in [5.41, 5.74) is 1.30. The van der Waals surface area contributed by atoms with E-state index in [-0.39, 0.29) is 34.6 Å². The fourth-order valence-electron chi connectivity index (χ4n) is 3.38. The first-order valence-electron chi connectivity index (χ1n) is 10.7. The van der Waals surface area contributed by atoms with Gasteiger partial charge in [-0.25, -0.2) is 4.39 Å². The number of benzene rings is 3. The summed E-state index contributed by atoms with van der Waals surface area (Å²) in [6.07, 6.45) is 1.53. The van der Waals surface area contributed by atoms with Gasteiger partial charge in [0, 0.05) is 16.3 Å². The third-order valence-electron chi connectivity index (χ3n) is 5.15. The largest absolute Gasteiger partial charge is 0.493 e. The summed E-state index contributed by atoms with van der Waals surface area (Å²) < 4.78 is 25.1. The van der Waals surface area contributed by atoms with Crippen molar-refractivity contribution in [3.8, 4) is 11.5 Å². The van der Waals surface area contributed by atoms with Crippen molar-refractivity contribution >= 4 is 52.2 Å². The molecule has 1 heterocycles. The fourth-order valence-corrected chi connectivity index (χ4v) is 4.45. The lowest BCUT2D eigenvalue weighted by molar-refractivity contribution is -0.123. The van der Waals surface area contributed by atoms with Crippen LogP contribution in [0.3, 0.4) is 0 Å². The van der Waals surface area contributed by atoms with Crippen molar-refractivity contribution in [2.75, 3.05) is 19.0 Å². The van der Waals surface area contributed by atoms with Gasteiger partial charge in [-0.3, -0.25) is 19.3 Å². The highest BCUT2D eigenvalue weighted by Gasteiger charge is 2.36. The van der Waals surface area contributed by atoms with Gasteiger partial charge >= 0.3 is 0 Å². The molecule has 184 valence electrons. The first kappa shape index (κ1) is 25.3. The summed E-state index contributed by atoms with van der Waals surface area (Å²) in [5, 5.41) is 2.33. The minimum atomic E-state index is -0.594. The molecule has 0 saturated carbocycles. The molecule has 0 bridgehead atoms. The van der Waals surface area contributed by atoms with E-state index in [1.54, 1.807) is 30.3 Å². The molecule has 3 aromatic rings. The number of hydrogen-bond acceptors (Lipinski definition) is 6. The van der Waals surface area contributed by atoms with Crippen LogP contribution in [0.15, 0.2) is 71.6 Å². The molecule has 3 aromatic carbocycles. The van der Waals surface area contributed by atoms with Crippen LogP contribution in [0, 0.1) is 5.82 Å². The Morgan fingerprint density at radius 1 is 1.08 bits per heavy atom. The second kappa shape index (κ2) is 11.3. The summed E-state index contributed by atoms with van der Waals surface area (Å²) in [7, 11) is 1.45. The topological polar surface area (TPSA) is 84.9 Å². The fraction of sp³-hybridized carbons (Fsp3) is 0.115. The van der Waals surface area contributed by atoms with E-state index >= 15 is 0 Å². The Balaban J connectivity index is 1.44. The van der Waals surface area contributed by atoms with Crippen molar-refractivity contribution in [2.24, 2.45) is 0 Å². The maximum Gasteiger partial charge on any atom is 0.293 e. The van der Waals surface area contributed by atoms with Gasteiger partial charge in [0.05, 0.1) is 18.6 Å². The molecular formula is C26H20ClFN2O5S. The average Bonchev–Trinajstić information content (AvgIpc) is 3.13. The molecule has 0 aliphatic carbocycles. The van der Waals surface area contributed by atoms with Gasteiger partial charge in [-0.2, -0.15) is 0 Å². The highest BCUT2D eigenvalue weighted by molar-refractivity contribution is 8.18. The van der Waals surface area contributed by atoms with Crippen molar-refractivity contribution in [2.45, 2.75) is 6.54 Å². The number of nitrogens with one attached hydrogen (secondary N) is 1. The number of anilines is 1. The third-order valence-corrected chi connectivity index (χ3v) is 6.41. The van der Waals surface area contributed by atoms with Crippen LogP contribution in [0.4, 0.5) is 14.9 Å². The number of halogens is 2. The van der Waals surface area contributed by atoms with Crippen LogP contribution >= 0.6 is 23.4 Å². The van der Waals surface area contributed by atoms with E-state index in [0.717, 1.165) is 16.7 Å². The standard InChI is InChI=1S/C26H20ClFN2O5S/c1-34-22-12-16(10-11-21(22)35-15-24(31)29-17-6-3-2-4-7-17)13-23-25(32)30(26(33)36-23)14-18-19(27)8-5-9-20(18)28/h2-13H,14-15H2,1H3,(H,29,31)/b23-13+. The van der Waals surface area contributed by atoms with E-state index in [1.165, 1.54) is 31.4 Å². The van der Waals surface area contributed by atoms with Crippen LogP contribution in [-0.2, 0) is 16.1 Å². The second-order valence-corrected chi connectivity index (χ2v) is 8.98. The zero-order valence-corrected chi connectivity index (χ0v) is 20.6. The quantitative estimate of drug-likeness (QED) is 0.377. The predicted molar refractivity (Wildman–Crippen MR) is 136 cm³/mol. The van der Waals surface area contributed by atoms with Gasteiger partial charge in [0.2, 0.25) is 0 Å². The average molecular weight is 527 g/mol. The Labute approximate surface area is 215 Å². The molecule has 3 amide bonds. The summed E-state index contributed by atoms with van der Waals surface area (Å²) in [5.74, 6) is -0.811. The number of nitrogens with zero attached hydrogens (tertiary/aromatic N) is 1. The highest BCUT2D eigenvalue weighted by atomic mass is 35.5. The van der Waals surface area contributed by atoms with E-state index in [1.807, 2.05) is 18.2 Å². The van der Waals surface area contributed by atoms with Crippen LogP contribution in [0.1, 0.15) is 11.1 Å². The molecule has 36 heavy (non-hydrogen) atoms. The van der Waals surface area contributed by atoms with Crippen LogP contribution in [0.5, 0.6) is 11.5 Å². The Morgan fingerprint density at radius 3 is 2.58 bits per heavy atom. The molecule has 1 aliphatic rings. The number of carbonyl (C=O) groups is 3. The number of para-hydroxylation sites is 1. The molecule has 1 N–H and O–H groups in total. The number of thioether (sulfide) groups is 1. The lowest BCUT2D eigenvalue weighted by Crippen LogP contribution is -2.28. The van der Waals surface area contributed by atoms with Gasteiger partial charge in [0.25, 0.3) is 17.1 Å². The minimum absolute atomic E-state index is 0.0715. The van der Waals surface area contributed by atoms with Crippen molar-refractivity contribution in [1.29, 1.82) is 0 Å². The maximum absolute atomic E-state index is 14.1. The van der Waals surface area contributed by atoms with Gasteiger partial charge in [-0.1, -0.05) is 41.9 Å². The Kier molecular flexibility index (Phi) is 7.92. The van der Waals surface area contributed by atoms with Gasteiger partial charge in [0.1, 0.15) is 5.82 Å². The lowest BCUT2D eigenvalue weighted by atomic mass is 10.1. The molecule has 0 radical (unpaired) electrons. The van der Waals surface area contributed by atoms with E-state index in [0.29, 0.717) is 22.7 Å². The van der Waals surface area contributed by atoms with Gasteiger partial charge in [-0.05, 0) is 59.8 Å². The zero-order valence-electron chi connectivity index (χ0n) is 19.0. The van der Waals surface area contributed by atoms with E-state index < -0.39 is 17.0 Å². The predicted octanol–water partition coefficient (Wildman–Crippen LogP) is 5.74. The maximum atomic E-state index is 14.1. The second-order valence-electron chi connectivity index (χ2n) is 7.58. The summed E-state index contributed by atoms with van der Waals surface area (Å²) in [6.45, 7) is -0.503. The summed E-state index contributed by atoms with van der Waals surface area (Å²) in [6, 6.07) is 18.0. The highest BCUT2D eigenvalue weighted by Crippen LogP contribution is 2.36. The number of imide groups is 1. The SMILES string of the molecule is COc1cc(/C=C2/SC(=O)N(Cc3c(F)cccc3Cl)C2=O)ccc1OCC(=O)Nc1ccccc1. The molecule has 1 fully saturated rings. The van der Waals surface area contributed by atoms with Crippen molar-refractivity contribution < 1.29 is 28.2 Å². The molecule has 10 heteroatoms. The Hall–Kier alpha value is -3.82. The number of rotatable bonds is 8. The number of amides is 3. The van der Waals surface area contributed by atoms with Gasteiger partial charge in [-0.15, -0.1) is 0 Å². The third kappa shape index (κ3) is 5.87. The van der Waals surface area contributed by atoms with Crippen LogP contribution in [0.25, 0.3) is 6.08 Å². The Bertz CT molecular complexity index is 1330. The van der Waals surface area contributed by atoms with Crippen LogP contribution in [0.2, 0.25) is 5.02 Å². The summed E-state index contributed by atoms with van der Waals surface area (Å²) in [4.78, 5) is 38.6. The first-order valence-corrected chi connectivity index (χ1v) is 11.9. The number of methoxy groups -OCH3 is 1. The minimum Gasteiger partial charge on any atom is -0.493 e. The van der Waals surface area contributed by atoms with Gasteiger partial charge in [0.15, 0.2) is 18.1 Å². The Morgan fingerprint density at radius 2 is 1.86 bits per heavy atom. The summed E-state index contributed by atoms with van der Waals surface area (Å²) >= 11 is 6.79. The van der Waals surface area contributed by atoms with Crippen molar-refractivity contribution in [3.05, 3.63) is 93.6 Å². The molecule has 4 rings (SSSR count). The molecule has 0 atom stereocenters. The number of hydrogen-bond donors (Lipinski definition) is 1. The molecule has 0 spiro atoms. The normalized spacial score (nSPS) is 14.3. The van der Waals surface area contributed by atoms with Crippen molar-refractivity contribution in [1.82, 2.24) is 4.90 Å². The number of carbonyl (C=O) groups excluding carboxylic acids is 3. The monoisotopic (exact) mass is 526 g/mol. The molecule has 0 aromatic heterocycles. The van der Waals surface area contributed by atoms with Gasteiger partial charge < -0.3 is 14.8 Å². The first-order chi connectivity index (χ1) is 17.4. The zero-order chi connectivity index (χ0) is 25.7. The van der Waals surface area contributed by atoms with E-state index in [9.17, 15) is 18.8 Å². The molecular weight excluding hydrogens is 507 g/mol. The van der Waals surface area contributed by atoms with Crippen LogP contribution < -0.4 is 14.8 Å². The van der Waals surface area contributed by atoms with E-state index in [4.69, 9.17) is 21.1 Å². The number of ether oxygens (including phenoxy) is 2. The smallest absolute Gasteiger partial charge is 0.293 e.